The van der Waals surface area contributed by atoms with Crippen molar-refractivity contribution in [3.05, 3.63) is 58.9 Å². The molecule has 1 fully saturated rings. The van der Waals surface area contributed by atoms with Crippen LogP contribution in [0, 0.1) is 47.8 Å². The second kappa shape index (κ2) is 8.73. The molecule has 9 heteroatoms. The molecular weight excluding hydrogens is 417 g/mol. The fourth-order valence-corrected chi connectivity index (χ4v) is 3.44. The van der Waals surface area contributed by atoms with E-state index in [2.05, 4.69) is 4.74 Å². The Labute approximate surface area is 168 Å². The minimum absolute atomic E-state index is 0.0257. The number of hydrogen-bond acceptors (Lipinski definition) is 2. The van der Waals surface area contributed by atoms with E-state index in [4.69, 9.17) is 4.74 Å². The highest BCUT2D eigenvalue weighted by Gasteiger charge is 2.44. The lowest BCUT2D eigenvalue weighted by Crippen LogP contribution is -2.38. The van der Waals surface area contributed by atoms with Crippen molar-refractivity contribution < 1.29 is 40.2 Å². The van der Waals surface area contributed by atoms with Crippen LogP contribution in [0.4, 0.5) is 30.7 Å². The second-order valence-electron chi connectivity index (χ2n) is 7.40. The van der Waals surface area contributed by atoms with Gasteiger partial charge in [-0.1, -0.05) is 6.07 Å². The molecule has 0 amide bonds. The lowest BCUT2D eigenvalue weighted by molar-refractivity contribution is -0.224. The Morgan fingerprint density at radius 2 is 1.47 bits per heavy atom. The van der Waals surface area contributed by atoms with Gasteiger partial charge in [0.2, 0.25) is 5.82 Å². The molecular formula is C21H19F7O2. The summed E-state index contributed by atoms with van der Waals surface area (Å²) in [5, 5.41) is 0. The number of benzene rings is 2. The zero-order valence-electron chi connectivity index (χ0n) is 16.0. The van der Waals surface area contributed by atoms with Gasteiger partial charge in [-0.05, 0) is 50.2 Å². The Balaban J connectivity index is 1.55. The number of alkyl halides is 2. The van der Waals surface area contributed by atoms with Crippen molar-refractivity contribution >= 4 is 0 Å². The quantitative estimate of drug-likeness (QED) is 0.378. The summed E-state index contributed by atoms with van der Waals surface area (Å²) in [5.41, 5.74) is 0.142. The number of ether oxygens (including phenoxy) is 2. The third-order valence-electron chi connectivity index (χ3n) is 5.25. The molecule has 0 unspecified atom stereocenters. The molecule has 1 saturated carbocycles. The van der Waals surface area contributed by atoms with Gasteiger partial charge in [0.1, 0.15) is 5.75 Å². The van der Waals surface area contributed by atoms with Crippen LogP contribution in [0.5, 0.6) is 11.5 Å². The van der Waals surface area contributed by atoms with E-state index in [1.54, 1.807) is 0 Å². The van der Waals surface area contributed by atoms with Crippen LogP contribution in [0.15, 0.2) is 24.3 Å². The van der Waals surface area contributed by atoms with Crippen molar-refractivity contribution in [2.45, 2.75) is 38.7 Å². The molecule has 0 aromatic heterocycles. The molecule has 2 nitrogen and oxygen atoms in total. The maximum absolute atomic E-state index is 14.4. The number of halogens is 7. The van der Waals surface area contributed by atoms with Crippen molar-refractivity contribution in [2.24, 2.45) is 11.8 Å². The average Bonchev–Trinajstić information content (AvgIpc) is 2.70. The third-order valence-corrected chi connectivity index (χ3v) is 5.25. The molecule has 2 aromatic rings. The summed E-state index contributed by atoms with van der Waals surface area (Å²) in [6, 6.07) is 3.41. The van der Waals surface area contributed by atoms with Gasteiger partial charge >= 0.3 is 6.11 Å². The Hall–Kier alpha value is -2.45. The molecule has 164 valence electrons. The van der Waals surface area contributed by atoms with Crippen molar-refractivity contribution in [3.63, 3.8) is 0 Å². The first-order valence-corrected chi connectivity index (χ1v) is 9.37. The molecule has 0 saturated heterocycles. The highest BCUT2D eigenvalue weighted by molar-refractivity contribution is 5.30. The Morgan fingerprint density at radius 1 is 0.867 bits per heavy atom. The Bertz CT molecular complexity index is 885. The predicted molar refractivity (Wildman–Crippen MR) is 93.9 cm³/mol. The van der Waals surface area contributed by atoms with Crippen molar-refractivity contribution in [1.82, 2.24) is 0 Å². The summed E-state index contributed by atoms with van der Waals surface area (Å²) in [5.74, 6) is -9.53. The van der Waals surface area contributed by atoms with E-state index in [1.165, 1.54) is 19.1 Å². The first kappa shape index (κ1) is 22.2. The van der Waals surface area contributed by atoms with Crippen molar-refractivity contribution in [2.75, 3.05) is 6.61 Å². The zero-order valence-corrected chi connectivity index (χ0v) is 16.0. The molecule has 1 aliphatic rings. The molecule has 30 heavy (non-hydrogen) atoms. The lowest BCUT2D eigenvalue weighted by atomic mass is 9.81. The van der Waals surface area contributed by atoms with E-state index in [0.29, 0.717) is 25.0 Å². The molecule has 3 rings (SSSR count). The highest BCUT2D eigenvalue weighted by Crippen LogP contribution is 2.40. The standard InChI is InChI=1S/C21H19F7O2/c1-11-2-7-17(20(26)18(11)24)29-10-12-3-5-13(6-4-12)21(27,28)30-14-8-15(22)19(25)16(23)9-14/h2,7-9,12-13H,3-6,10H2,1H3. The topological polar surface area (TPSA) is 18.5 Å². The van der Waals surface area contributed by atoms with Crippen LogP contribution in [0.2, 0.25) is 0 Å². The monoisotopic (exact) mass is 436 g/mol. The maximum Gasteiger partial charge on any atom is 0.400 e. The average molecular weight is 436 g/mol. The van der Waals surface area contributed by atoms with E-state index < -0.39 is 46.9 Å². The molecule has 0 aliphatic heterocycles. The van der Waals surface area contributed by atoms with Crippen LogP contribution < -0.4 is 9.47 Å². The van der Waals surface area contributed by atoms with Crippen LogP contribution in [-0.2, 0) is 0 Å². The van der Waals surface area contributed by atoms with Gasteiger partial charge < -0.3 is 9.47 Å². The van der Waals surface area contributed by atoms with Gasteiger partial charge in [-0.3, -0.25) is 0 Å². The van der Waals surface area contributed by atoms with E-state index in [-0.39, 0.29) is 36.7 Å². The molecule has 0 radical (unpaired) electrons. The SMILES string of the molecule is Cc1ccc(OCC2CCC(C(F)(F)Oc3cc(F)c(F)c(F)c3)CC2)c(F)c1F. The molecule has 0 spiro atoms. The van der Waals surface area contributed by atoms with Crippen LogP contribution >= 0.6 is 0 Å². The smallest absolute Gasteiger partial charge is 0.400 e. The normalized spacial score (nSPS) is 19.6. The Kier molecular flexibility index (Phi) is 6.47. The highest BCUT2D eigenvalue weighted by atomic mass is 19.3. The predicted octanol–water partition coefficient (Wildman–Crippen LogP) is 6.55. The van der Waals surface area contributed by atoms with E-state index >= 15 is 0 Å². The van der Waals surface area contributed by atoms with Crippen LogP contribution in [-0.4, -0.2) is 12.7 Å². The van der Waals surface area contributed by atoms with Crippen LogP contribution in [0.25, 0.3) is 0 Å². The summed E-state index contributed by atoms with van der Waals surface area (Å²) < 4.78 is 105. The van der Waals surface area contributed by atoms with Gasteiger partial charge in [-0.15, -0.1) is 0 Å². The third kappa shape index (κ3) is 4.82. The molecule has 0 N–H and O–H groups in total. The maximum atomic E-state index is 14.4. The van der Waals surface area contributed by atoms with Gasteiger partial charge in [0.05, 0.1) is 12.5 Å². The van der Waals surface area contributed by atoms with Crippen LogP contribution in [0.1, 0.15) is 31.2 Å². The number of aryl methyl sites for hydroxylation is 1. The minimum Gasteiger partial charge on any atom is -0.490 e. The molecule has 0 atom stereocenters. The summed E-state index contributed by atoms with van der Waals surface area (Å²) in [7, 11) is 0. The van der Waals surface area contributed by atoms with Gasteiger partial charge in [-0.25, -0.2) is 17.6 Å². The number of rotatable bonds is 6. The van der Waals surface area contributed by atoms with Gasteiger partial charge in [0.25, 0.3) is 0 Å². The van der Waals surface area contributed by atoms with Crippen molar-refractivity contribution in [1.29, 1.82) is 0 Å². The van der Waals surface area contributed by atoms with Gasteiger partial charge in [0, 0.05) is 12.1 Å². The minimum atomic E-state index is -3.71. The van der Waals surface area contributed by atoms with Crippen LogP contribution in [0.3, 0.4) is 0 Å². The summed E-state index contributed by atoms with van der Waals surface area (Å²) in [6.07, 6.45) is -3.04. The lowest BCUT2D eigenvalue weighted by Gasteiger charge is -2.33. The van der Waals surface area contributed by atoms with E-state index in [1.807, 2.05) is 0 Å². The first-order chi connectivity index (χ1) is 14.1. The summed E-state index contributed by atoms with van der Waals surface area (Å²) >= 11 is 0. The van der Waals surface area contributed by atoms with Crippen molar-refractivity contribution in [3.8, 4) is 11.5 Å². The molecule has 0 bridgehead atoms. The summed E-state index contributed by atoms with van der Waals surface area (Å²) in [4.78, 5) is 0. The van der Waals surface area contributed by atoms with Gasteiger partial charge in [0.15, 0.2) is 29.0 Å². The largest absolute Gasteiger partial charge is 0.490 e. The van der Waals surface area contributed by atoms with E-state index in [9.17, 15) is 30.7 Å². The zero-order chi connectivity index (χ0) is 22.1. The fourth-order valence-electron chi connectivity index (χ4n) is 3.44. The Morgan fingerprint density at radius 3 is 2.07 bits per heavy atom. The van der Waals surface area contributed by atoms with Gasteiger partial charge in [-0.2, -0.15) is 13.2 Å². The molecule has 0 heterocycles. The molecule has 2 aromatic carbocycles. The number of hydrogen-bond donors (Lipinski definition) is 0. The second-order valence-corrected chi connectivity index (χ2v) is 7.40. The fraction of sp³-hybridized carbons (Fsp3) is 0.429. The first-order valence-electron chi connectivity index (χ1n) is 9.37. The van der Waals surface area contributed by atoms with E-state index in [0.717, 1.165) is 0 Å². The molecule has 1 aliphatic carbocycles. The summed E-state index contributed by atoms with van der Waals surface area (Å²) in [6.45, 7) is 1.45.